The van der Waals surface area contributed by atoms with Crippen molar-refractivity contribution in [1.82, 2.24) is 9.80 Å². The van der Waals surface area contributed by atoms with Crippen molar-refractivity contribution in [3.05, 3.63) is 100 Å². The van der Waals surface area contributed by atoms with E-state index >= 15 is 0 Å². The van der Waals surface area contributed by atoms with Gasteiger partial charge in [-0.3, -0.25) is 4.90 Å². The second kappa shape index (κ2) is 11.5. The Morgan fingerprint density at radius 3 is 2.41 bits per heavy atom. The highest BCUT2D eigenvalue weighted by molar-refractivity contribution is 6.30. The van der Waals surface area contributed by atoms with Crippen LogP contribution in [0.15, 0.2) is 72.8 Å². The Morgan fingerprint density at radius 2 is 1.71 bits per heavy atom. The van der Waals surface area contributed by atoms with Crippen LogP contribution in [0.2, 0.25) is 5.02 Å². The molecule has 0 unspecified atom stereocenters. The third kappa shape index (κ3) is 6.60. The van der Waals surface area contributed by atoms with Gasteiger partial charge in [0, 0.05) is 43.4 Å². The van der Waals surface area contributed by atoms with Crippen molar-refractivity contribution >= 4 is 23.3 Å². The number of aryl methyl sites for hydroxylation is 2. The monoisotopic (exact) mass is 477 g/mol. The zero-order valence-electron chi connectivity index (χ0n) is 19.8. The van der Waals surface area contributed by atoms with Gasteiger partial charge >= 0.3 is 6.03 Å². The number of amides is 2. The molecule has 3 aromatic rings. The minimum Gasteiger partial charge on any atom is -0.368 e. The number of ether oxygens (including phenoxy) is 1. The Balaban J connectivity index is 1.35. The number of halogens is 1. The molecule has 1 fully saturated rings. The van der Waals surface area contributed by atoms with Crippen LogP contribution in [-0.4, -0.2) is 48.6 Å². The highest BCUT2D eigenvalue weighted by atomic mass is 35.5. The van der Waals surface area contributed by atoms with Gasteiger partial charge in [0.2, 0.25) is 0 Å². The van der Waals surface area contributed by atoms with Gasteiger partial charge in [0.1, 0.15) is 0 Å². The van der Waals surface area contributed by atoms with E-state index in [0.29, 0.717) is 19.7 Å². The molecule has 1 aliphatic heterocycles. The summed E-state index contributed by atoms with van der Waals surface area (Å²) in [5.74, 6) is 0. The Hall–Kier alpha value is -2.86. The number of hydrogen-bond donors (Lipinski definition) is 1. The number of carbonyl (C=O) groups excluding carboxylic acids is 1. The summed E-state index contributed by atoms with van der Waals surface area (Å²) >= 11 is 6.12. The van der Waals surface area contributed by atoms with E-state index in [0.717, 1.165) is 47.0 Å². The molecule has 2 amide bonds. The molecular weight excluding hydrogens is 446 g/mol. The van der Waals surface area contributed by atoms with Crippen LogP contribution in [0.5, 0.6) is 0 Å². The van der Waals surface area contributed by atoms with E-state index in [1.807, 2.05) is 60.4 Å². The van der Waals surface area contributed by atoms with Gasteiger partial charge in [-0.1, -0.05) is 71.8 Å². The predicted octanol–water partition coefficient (Wildman–Crippen LogP) is 6.06. The van der Waals surface area contributed by atoms with Crippen LogP contribution >= 0.6 is 11.6 Å². The first kappa shape index (κ1) is 24.3. The topological polar surface area (TPSA) is 44.8 Å². The smallest absolute Gasteiger partial charge is 0.321 e. The number of benzene rings is 3. The first-order valence-electron chi connectivity index (χ1n) is 11.7. The molecule has 1 atom stereocenters. The molecule has 3 aromatic carbocycles. The highest BCUT2D eigenvalue weighted by Gasteiger charge is 2.24. The number of piperazine rings is 1. The van der Waals surface area contributed by atoms with Gasteiger partial charge in [-0.15, -0.1) is 0 Å². The normalized spacial score (nSPS) is 15.2. The van der Waals surface area contributed by atoms with E-state index in [1.165, 1.54) is 5.56 Å². The van der Waals surface area contributed by atoms with Gasteiger partial charge in [-0.05, 0) is 48.7 Å². The average Bonchev–Trinajstić information content (AvgIpc) is 2.84. The van der Waals surface area contributed by atoms with Gasteiger partial charge < -0.3 is 15.0 Å². The summed E-state index contributed by atoms with van der Waals surface area (Å²) in [4.78, 5) is 17.0. The van der Waals surface area contributed by atoms with Crippen LogP contribution in [0.25, 0.3) is 0 Å². The van der Waals surface area contributed by atoms with Gasteiger partial charge in [0.15, 0.2) is 0 Å². The van der Waals surface area contributed by atoms with Crippen molar-refractivity contribution in [3.63, 3.8) is 0 Å². The van der Waals surface area contributed by atoms with Crippen LogP contribution < -0.4 is 5.32 Å². The first-order valence-corrected chi connectivity index (χ1v) is 12.1. The molecule has 178 valence electrons. The minimum absolute atomic E-state index is 0.0427. The lowest BCUT2D eigenvalue weighted by atomic mass is 10.1. The van der Waals surface area contributed by atoms with Crippen molar-refractivity contribution in [3.8, 4) is 0 Å². The minimum atomic E-state index is -0.0786. The molecule has 0 radical (unpaired) electrons. The van der Waals surface area contributed by atoms with Gasteiger partial charge in [-0.25, -0.2) is 4.79 Å². The van der Waals surface area contributed by atoms with E-state index in [-0.39, 0.29) is 12.1 Å². The Kier molecular flexibility index (Phi) is 8.22. The lowest BCUT2D eigenvalue weighted by Crippen LogP contribution is -2.50. The molecule has 5 nitrogen and oxygen atoms in total. The molecular formula is C28H32ClN3O2. The van der Waals surface area contributed by atoms with Crippen molar-refractivity contribution in [2.45, 2.75) is 26.6 Å². The molecule has 0 spiro atoms. The van der Waals surface area contributed by atoms with E-state index in [9.17, 15) is 4.79 Å². The summed E-state index contributed by atoms with van der Waals surface area (Å²) in [6, 6.07) is 24.1. The Bertz CT molecular complexity index is 1090. The number of nitrogens with one attached hydrogen (secondary N) is 1. The maximum Gasteiger partial charge on any atom is 0.321 e. The fourth-order valence-corrected chi connectivity index (χ4v) is 4.33. The summed E-state index contributed by atoms with van der Waals surface area (Å²) in [7, 11) is 0. The van der Waals surface area contributed by atoms with E-state index in [1.54, 1.807) is 0 Å². The Morgan fingerprint density at radius 1 is 0.971 bits per heavy atom. The Labute approximate surface area is 207 Å². The maximum absolute atomic E-state index is 12.7. The standard InChI is InChI=1S/C28H32ClN3O2/c1-21-6-5-8-23(18-21)20-34-27(24-10-12-25(29)13-11-24)19-31-14-16-32(17-15-31)28(33)30-26-9-4-3-7-22(26)2/h3-13,18,27H,14-17,19-20H2,1-2H3,(H,30,33)/t27-/m0/s1. The van der Waals surface area contributed by atoms with Crippen LogP contribution in [0.4, 0.5) is 10.5 Å². The third-order valence-electron chi connectivity index (χ3n) is 6.25. The van der Waals surface area contributed by atoms with E-state index in [4.69, 9.17) is 16.3 Å². The molecule has 1 saturated heterocycles. The molecule has 6 heteroatoms. The van der Waals surface area contributed by atoms with Crippen molar-refractivity contribution in [1.29, 1.82) is 0 Å². The first-order chi connectivity index (χ1) is 16.5. The molecule has 4 rings (SSSR count). The molecule has 0 aliphatic carbocycles. The lowest BCUT2D eigenvalue weighted by Gasteiger charge is -2.36. The van der Waals surface area contributed by atoms with Crippen LogP contribution in [0, 0.1) is 13.8 Å². The zero-order chi connectivity index (χ0) is 23.9. The van der Waals surface area contributed by atoms with Crippen molar-refractivity contribution in [2.75, 3.05) is 38.0 Å². The van der Waals surface area contributed by atoms with Crippen LogP contribution in [0.1, 0.15) is 28.4 Å². The largest absolute Gasteiger partial charge is 0.368 e. The van der Waals surface area contributed by atoms with Gasteiger partial charge in [0.25, 0.3) is 0 Å². The molecule has 1 heterocycles. The fraction of sp³-hybridized carbons (Fsp3) is 0.321. The zero-order valence-corrected chi connectivity index (χ0v) is 20.6. The van der Waals surface area contributed by atoms with Crippen LogP contribution in [0.3, 0.4) is 0 Å². The number of anilines is 1. The number of hydrogen-bond acceptors (Lipinski definition) is 3. The predicted molar refractivity (Wildman–Crippen MR) is 138 cm³/mol. The second-order valence-electron chi connectivity index (χ2n) is 8.87. The fourth-order valence-electron chi connectivity index (χ4n) is 4.21. The second-order valence-corrected chi connectivity index (χ2v) is 9.31. The number of nitrogens with zero attached hydrogens (tertiary/aromatic N) is 2. The number of urea groups is 1. The molecule has 0 bridgehead atoms. The quantitative estimate of drug-likeness (QED) is 0.449. The maximum atomic E-state index is 12.7. The lowest BCUT2D eigenvalue weighted by molar-refractivity contribution is 0.00592. The summed E-state index contributed by atoms with van der Waals surface area (Å²) in [6.45, 7) is 8.38. The van der Waals surface area contributed by atoms with Gasteiger partial charge in [0.05, 0.1) is 12.7 Å². The van der Waals surface area contributed by atoms with Gasteiger partial charge in [-0.2, -0.15) is 0 Å². The van der Waals surface area contributed by atoms with E-state index in [2.05, 4.69) is 41.4 Å². The number of rotatable bonds is 7. The van der Waals surface area contributed by atoms with Crippen molar-refractivity contribution < 1.29 is 9.53 Å². The van der Waals surface area contributed by atoms with E-state index < -0.39 is 0 Å². The van der Waals surface area contributed by atoms with Crippen LogP contribution in [-0.2, 0) is 11.3 Å². The summed E-state index contributed by atoms with van der Waals surface area (Å²) < 4.78 is 6.40. The number of para-hydroxylation sites is 1. The highest BCUT2D eigenvalue weighted by Crippen LogP contribution is 2.24. The average molecular weight is 478 g/mol. The SMILES string of the molecule is Cc1cccc(CO[C@@H](CN2CCN(C(=O)Nc3ccccc3C)CC2)c2ccc(Cl)cc2)c1. The van der Waals surface area contributed by atoms with Crippen molar-refractivity contribution in [2.24, 2.45) is 0 Å². The number of carbonyl (C=O) groups is 1. The molecule has 34 heavy (non-hydrogen) atoms. The molecule has 0 aromatic heterocycles. The molecule has 1 aliphatic rings. The molecule has 0 saturated carbocycles. The summed E-state index contributed by atoms with van der Waals surface area (Å²) in [5, 5.41) is 3.76. The summed E-state index contributed by atoms with van der Waals surface area (Å²) in [5.41, 5.74) is 5.42. The summed E-state index contributed by atoms with van der Waals surface area (Å²) in [6.07, 6.45) is -0.0786. The third-order valence-corrected chi connectivity index (χ3v) is 6.50. The molecule has 1 N–H and O–H groups in total.